The molecule has 0 saturated carbocycles. The lowest BCUT2D eigenvalue weighted by atomic mass is 10.1. The van der Waals surface area contributed by atoms with E-state index in [1.807, 2.05) is 28.5 Å². The Hall–Kier alpha value is -2.81. The smallest absolute Gasteiger partial charge is 0.259 e. The summed E-state index contributed by atoms with van der Waals surface area (Å²) >= 11 is 13.9. The molecule has 0 aliphatic carbocycles. The first-order chi connectivity index (χ1) is 16.0. The van der Waals surface area contributed by atoms with Crippen LogP contribution in [-0.4, -0.2) is 54.5 Å². The molecule has 1 atom stereocenters. The van der Waals surface area contributed by atoms with Gasteiger partial charge in [0.05, 0.1) is 35.8 Å². The summed E-state index contributed by atoms with van der Waals surface area (Å²) in [7, 11) is 1.51. The van der Waals surface area contributed by atoms with E-state index in [4.69, 9.17) is 27.9 Å². The summed E-state index contributed by atoms with van der Waals surface area (Å²) in [4.78, 5) is 35.2. The topological polar surface area (TPSA) is 74.8 Å². The minimum atomic E-state index is -0.609. The number of carbonyl (C=O) groups excluding carboxylic acids is 2. The van der Waals surface area contributed by atoms with Gasteiger partial charge in [0.2, 0.25) is 5.91 Å². The molecule has 7 nitrogen and oxygen atoms in total. The maximum atomic E-state index is 13.3. The van der Waals surface area contributed by atoms with Crippen LogP contribution in [0.5, 0.6) is 5.75 Å². The molecule has 2 aromatic heterocycles. The molecule has 10 heteroatoms. The van der Waals surface area contributed by atoms with Gasteiger partial charge < -0.3 is 19.9 Å². The van der Waals surface area contributed by atoms with Crippen LogP contribution in [0, 0.1) is 0 Å². The zero-order valence-electron chi connectivity index (χ0n) is 17.8. The van der Waals surface area contributed by atoms with E-state index in [-0.39, 0.29) is 18.4 Å². The Balaban J connectivity index is 1.58. The molecular weight excluding hydrogens is 483 g/mol. The molecule has 4 rings (SSSR count). The van der Waals surface area contributed by atoms with Gasteiger partial charge in [-0.25, -0.2) is 0 Å². The van der Waals surface area contributed by atoms with Crippen molar-refractivity contribution in [1.29, 1.82) is 0 Å². The zero-order chi connectivity index (χ0) is 23.4. The lowest BCUT2D eigenvalue weighted by Gasteiger charge is -2.42. The van der Waals surface area contributed by atoms with Crippen molar-refractivity contribution in [3.63, 3.8) is 0 Å². The second-order valence-electron chi connectivity index (χ2n) is 7.43. The Kier molecular flexibility index (Phi) is 7.37. The molecule has 3 aromatic rings. The average molecular weight is 505 g/mol. The van der Waals surface area contributed by atoms with Crippen LogP contribution < -0.4 is 15.0 Å². The highest BCUT2D eigenvalue weighted by Crippen LogP contribution is 2.30. The van der Waals surface area contributed by atoms with E-state index in [0.29, 0.717) is 41.0 Å². The van der Waals surface area contributed by atoms with E-state index in [0.717, 1.165) is 10.6 Å². The molecule has 3 heterocycles. The number of piperazine rings is 1. The summed E-state index contributed by atoms with van der Waals surface area (Å²) in [6.45, 7) is 1.50. The minimum Gasteiger partial charge on any atom is -0.496 e. The summed E-state index contributed by atoms with van der Waals surface area (Å²) in [6, 6.07) is 10.2. The molecule has 0 spiro atoms. The van der Waals surface area contributed by atoms with Gasteiger partial charge in [-0.3, -0.25) is 14.6 Å². The minimum absolute atomic E-state index is 0.176. The number of thiophene rings is 1. The van der Waals surface area contributed by atoms with E-state index in [2.05, 4.69) is 10.3 Å². The van der Waals surface area contributed by atoms with E-state index >= 15 is 0 Å². The van der Waals surface area contributed by atoms with Crippen LogP contribution in [0.1, 0.15) is 15.2 Å². The molecule has 1 N–H and O–H groups in total. The SMILES string of the molecule is COc1ccncc1C(=O)N1CCN(c2ccc(Cl)c(Cl)c2)[C@H](C(=O)NCc2cccs2)C1. The third kappa shape index (κ3) is 5.24. The quantitative estimate of drug-likeness (QED) is 0.546. The van der Waals surface area contributed by atoms with Crippen LogP contribution in [0.3, 0.4) is 0 Å². The monoisotopic (exact) mass is 504 g/mol. The number of hydrogen-bond donors (Lipinski definition) is 1. The maximum absolute atomic E-state index is 13.3. The van der Waals surface area contributed by atoms with Crippen molar-refractivity contribution in [2.75, 3.05) is 31.6 Å². The Bertz CT molecular complexity index is 1140. The Labute approximate surface area is 205 Å². The molecule has 1 fully saturated rings. The number of aromatic nitrogens is 1. The molecule has 2 amide bonds. The third-order valence-electron chi connectivity index (χ3n) is 5.45. The number of benzene rings is 1. The number of methoxy groups -OCH3 is 1. The van der Waals surface area contributed by atoms with Crippen LogP contribution in [0.2, 0.25) is 10.0 Å². The van der Waals surface area contributed by atoms with Crippen LogP contribution in [0.4, 0.5) is 5.69 Å². The van der Waals surface area contributed by atoms with Crippen molar-refractivity contribution < 1.29 is 14.3 Å². The van der Waals surface area contributed by atoms with Gasteiger partial charge in [0.1, 0.15) is 11.8 Å². The van der Waals surface area contributed by atoms with Gasteiger partial charge in [-0.2, -0.15) is 0 Å². The van der Waals surface area contributed by atoms with Crippen molar-refractivity contribution in [3.8, 4) is 5.75 Å². The van der Waals surface area contributed by atoms with Gasteiger partial charge in [-0.05, 0) is 35.7 Å². The average Bonchev–Trinajstić information content (AvgIpc) is 3.37. The number of halogens is 2. The van der Waals surface area contributed by atoms with Gasteiger partial charge in [0.15, 0.2) is 0 Å². The number of nitrogens with one attached hydrogen (secondary N) is 1. The van der Waals surface area contributed by atoms with E-state index in [1.54, 1.807) is 40.6 Å². The molecule has 172 valence electrons. The summed E-state index contributed by atoms with van der Waals surface area (Å²) < 4.78 is 5.32. The second kappa shape index (κ2) is 10.4. The van der Waals surface area contributed by atoms with Crippen molar-refractivity contribution in [3.05, 3.63) is 74.7 Å². The normalized spacial score (nSPS) is 15.9. The molecule has 33 heavy (non-hydrogen) atoms. The molecule has 0 unspecified atom stereocenters. The van der Waals surface area contributed by atoms with Crippen LogP contribution >= 0.6 is 34.5 Å². The van der Waals surface area contributed by atoms with Crippen LogP contribution in [0.25, 0.3) is 0 Å². The number of ether oxygens (including phenoxy) is 1. The first-order valence-electron chi connectivity index (χ1n) is 10.3. The summed E-state index contributed by atoms with van der Waals surface area (Å²) in [5.41, 5.74) is 1.13. The molecule has 1 aliphatic heterocycles. The molecule has 1 saturated heterocycles. The van der Waals surface area contributed by atoms with E-state index in [9.17, 15) is 9.59 Å². The van der Waals surface area contributed by atoms with Crippen molar-refractivity contribution in [2.24, 2.45) is 0 Å². The number of anilines is 1. The number of rotatable bonds is 6. The molecule has 0 bridgehead atoms. The number of nitrogens with zero attached hydrogens (tertiary/aromatic N) is 3. The fourth-order valence-corrected chi connectivity index (χ4v) is 4.70. The fraction of sp³-hybridized carbons (Fsp3) is 0.261. The first kappa shape index (κ1) is 23.4. The maximum Gasteiger partial charge on any atom is 0.259 e. The van der Waals surface area contributed by atoms with Gasteiger partial charge in [0.25, 0.3) is 5.91 Å². The van der Waals surface area contributed by atoms with Gasteiger partial charge in [0, 0.05) is 36.0 Å². The summed E-state index contributed by atoms with van der Waals surface area (Å²) in [5.74, 6) is 0.0375. The van der Waals surface area contributed by atoms with Crippen molar-refractivity contribution >= 4 is 52.0 Å². The fourth-order valence-electron chi connectivity index (χ4n) is 3.76. The lowest BCUT2D eigenvalue weighted by molar-refractivity contribution is -0.123. The van der Waals surface area contributed by atoms with Gasteiger partial charge in [-0.15, -0.1) is 11.3 Å². The number of amides is 2. The van der Waals surface area contributed by atoms with Crippen molar-refractivity contribution in [1.82, 2.24) is 15.2 Å². The predicted molar refractivity (Wildman–Crippen MR) is 130 cm³/mol. The standard InChI is InChI=1S/C23H22Cl2N4O3S/c1-32-21-6-7-26-13-17(21)23(31)28-8-9-29(15-4-5-18(24)19(25)11-15)20(14-28)22(30)27-12-16-3-2-10-33-16/h2-7,10-11,13,20H,8-9,12,14H2,1H3,(H,27,30)/t20-/m0/s1. The Morgan fingerprint density at radius 1 is 1.21 bits per heavy atom. The third-order valence-corrected chi connectivity index (χ3v) is 7.07. The molecule has 1 aromatic carbocycles. The highest BCUT2D eigenvalue weighted by molar-refractivity contribution is 7.09. The van der Waals surface area contributed by atoms with Gasteiger partial charge >= 0.3 is 0 Å². The van der Waals surface area contributed by atoms with E-state index < -0.39 is 6.04 Å². The lowest BCUT2D eigenvalue weighted by Crippen LogP contribution is -2.60. The summed E-state index contributed by atoms with van der Waals surface area (Å²) in [5, 5.41) is 5.81. The van der Waals surface area contributed by atoms with Crippen LogP contribution in [0.15, 0.2) is 54.2 Å². The molecule has 0 radical (unpaired) electrons. The zero-order valence-corrected chi connectivity index (χ0v) is 20.2. The number of pyridine rings is 1. The van der Waals surface area contributed by atoms with E-state index in [1.165, 1.54) is 13.3 Å². The summed E-state index contributed by atoms with van der Waals surface area (Å²) in [6.07, 6.45) is 3.05. The first-order valence-corrected chi connectivity index (χ1v) is 11.9. The Morgan fingerprint density at radius 3 is 2.79 bits per heavy atom. The largest absolute Gasteiger partial charge is 0.496 e. The highest BCUT2D eigenvalue weighted by atomic mass is 35.5. The molecule has 1 aliphatic rings. The van der Waals surface area contributed by atoms with Gasteiger partial charge in [-0.1, -0.05) is 29.3 Å². The second-order valence-corrected chi connectivity index (χ2v) is 9.28. The number of hydrogen-bond acceptors (Lipinski definition) is 6. The predicted octanol–water partition coefficient (Wildman–Crippen LogP) is 4.11. The highest BCUT2D eigenvalue weighted by Gasteiger charge is 2.35. The van der Waals surface area contributed by atoms with Crippen LogP contribution in [-0.2, 0) is 11.3 Å². The number of carbonyl (C=O) groups is 2. The van der Waals surface area contributed by atoms with Crippen molar-refractivity contribution in [2.45, 2.75) is 12.6 Å². The Morgan fingerprint density at radius 2 is 2.06 bits per heavy atom. The molecular formula is C23H22Cl2N4O3S.